The Bertz CT molecular complexity index is 318. The molecule has 0 atom stereocenters. The molecule has 3 nitrogen and oxygen atoms in total. The van der Waals surface area contributed by atoms with Gasteiger partial charge in [-0.1, -0.05) is 17.3 Å². The van der Waals surface area contributed by atoms with E-state index in [0.29, 0.717) is 11.3 Å². The van der Waals surface area contributed by atoms with Crippen molar-refractivity contribution in [3.63, 3.8) is 0 Å². The zero-order valence-electron chi connectivity index (χ0n) is 7.07. The van der Waals surface area contributed by atoms with Crippen LogP contribution in [0.5, 0.6) is 5.75 Å². The molecule has 64 valence electrons. The lowest BCUT2D eigenvalue weighted by Gasteiger charge is -2.04. The quantitative estimate of drug-likeness (QED) is 0.379. The molecule has 0 aliphatic rings. The summed E-state index contributed by atoms with van der Waals surface area (Å²) in [5, 5.41) is 21.0. The fourth-order valence-corrected chi connectivity index (χ4v) is 1.00. The zero-order chi connectivity index (χ0) is 9.14. The Morgan fingerprint density at radius 3 is 2.67 bits per heavy atom. The molecule has 0 fully saturated rings. The van der Waals surface area contributed by atoms with E-state index in [0.717, 1.165) is 5.56 Å². The molecule has 12 heavy (non-hydrogen) atoms. The molecule has 0 radical (unpaired) electrons. The van der Waals surface area contributed by atoms with Gasteiger partial charge in [0.25, 0.3) is 0 Å². The van der Waals surface area contributed by atoms with Gasteiger partial charge in [0.05, 0.1) is 5.71 Å². The minimum atomic E-state index is 0.174. The third-order valence-electron chi connectivity index (χ3n) is 1.78. The molecule has 0 heterocycles. The van der Waals surface area contributed by atoms with Gasteiger partial charge in [-0.2, -0.15) is 0 Å². The van der Waals surface area contributed by atoms with E-state index in [1.165, 1.54) is 0 Å². The molecule has 0 aromatic heterocycles. The van der Waals surface area contributed by atoms with Gasteiger partial charge in [0, 0.05) is 5.56 Å². The minimum absolute atomic E-state index is 0.174. The van der Waals surface area contributed by atoms with Crippen LogP contribution in [-0.2, 0) is 0 Å². The summed E-state index contributed by atoms with van der Waals surface area (Å²) < 4.78 is 0. The van der Waals surface area contributed by atoms with E-state index in [1.54, 1.807) is 32.0 Å². The fourth-order valence-electron chi connectivity index (χ4n) is 1.00. The van der Waals surface area contributed by atoms with E-state index >= 15 is 0 Å². The highest BCUT2D eigenvalue weighted by molar-refractivity contribution is 6.00. The first-order valence-corrected chi connectivity index (χ1v) is 3.64. The van der Waals surface area contributed by atoms with E-state index in [4.69, 9.17) is 5.21 Å². The topological polar surface area (TPSA) is 52.8 Å². The number of oxime groups is 1. The van der Waals surface area contributed by atoms with Gasteiger partial charge in [0.15, 0.2) is 0 Å². The summed E-state index contributed by atoms with van der Waals surface area (Å²) in [6.45, 7) is 3.43. The van der Waals surface area contributed by atoms with Crippen molar-refractivity contribution in [1.29, 1.82) is 0 Å². The van der Waals surface area contributed by atoms with Crippen LogP contribution in [0.3, 0.4) is 0 Å². The summed E-state index contributed by atoms with van der Waals surface area (Å²) in [7, 11) is 0. The number of nitrogens with zero attached hydrogens (tertiary/aromatic N) is 1. The Morgan fingerprint density at radius 1 is 1.42 bits per heavy atom. The van der Waals surface area contributed by atoms with Crippen LogP contribution in [-0.4, -0.2) is 16.0 Å². The normalized spacial score (nSPS) is 11.7. The van der Waals surface area contributed by atoms with Crippen molar-refractivity contribution >= 4 is 5.71 Å². The van der Waals surface area contributed by atoms with Crippen molar-refractivity contribution in [2.24, 2.45) is 5.16 Å². The third-order valence-corrected chi connectivity index (χ3v) is 1.78. The highest BCUT2D eigenvalue weighted by Gasteiger charge is 2.05. The molecule has 2 N–H and O–H groups in total. The van der Waals surface area contributed by atoms with Crippen molar-refractivity contribution in [1.82, 2.24) is 0 Å². The summed E-state index contributed by atoms with van der Waals surface area (Å²) in [6.07, 6.45) is 0. The molecule has 0 unspecified atom stereocenters. The largest absolute Gasteiger partial charge is 0.507 e. The summed E-state index contributed by atoms with van der Waals surface area (Å²) in [5.41, 5.74) is 1.75. The predicted octanol–water partition coefficient (Wildman–Crippen LogP) is 1.90. The summed E-state index contributed by atoms with van der Waals surface area (Å²) in [6, 6.07) is 5.31. The lowest BCUT2D eigenvalue weighted by molar-refractivity contribution is 0.318. The van der Waals surface area contributed by atoms with E-state index in [1.807, 2.05) is 0 Å². The average Bonchev–Trinajstić information content (AvgIpc) is 2.08. The van der Waals surface area contributed by atoms with Gasteiger partial charge in [-0.25, -0.2) is 0 Å². The molecular formula is C9H11NO2. The van der Waals surface area contributed by atoms with E-state index < -0.39 is 0 Å². The lowest BCUT2D eigenvalue weighted by atomic mass is 10.1. The fraction of sp³-hybridized carbons (Fsp3) is 0.222. The molecule has 0 saturated carbocycles. The number of phenolic OH excluding ortho intramolecular Hbond substituents is 1. The standard InChI is InChI=1S/C9H11NO2/c1-6-4-3-5-8(9(6)11)7(2)10-12/h3-5,11-12H,1-2H3. The van der Waals surface area contributed by atoms with Crippen LogP contribution in [0, 0.1) is 6.92 Å². The Balaban J connectivity index is 3.26. The molecule has 1 aromatic rings. The second-order valence-corrected chi connectivity index (χ2v) is 2.66. The number of hydrogen-bond acceptors (Lipinski definition) is 3. The second kappa shape index (κ2) is 3.26. The number of rotatable bonds is 1. The molecule has 1 rings (SSSR count). The van der Waals surface area contributed by atoms with Gasteiger partial charge < -0.3 is 10.3 Å². The van der Waals surface area contributed by atoms with Crippen LogP contribution in [0.4, 0.5) is 0 Å². The smallest absolute Gasteiger partial charge is 0.127 e. The van der Waals surface area contributed by atoms with Gasteiger partial charge in [0.1, 0.15) is 5.75 Å². The van der Waals surface area contributed by atoms with E-state index in [-0.39, 0.29) is 5.75 Å². The monoisotopic (exact) mass is 165 g/mol. The van der Waals surface area contributed by atoms with Gasteiger partial charge >= 0.3 is 0 Å². The second-order valence-electron chi connectivity index (χ2n) is 2.66. The van der Waals surface area contributed by atoms with Crippen LogP contribution in [0.2, 0.25) is 0 Å². The number of phenols is 1. The SMILES string of the molecule is CC(=NO)c1cccc(C)c1O. The van der Waals surface area contributed by atoms with Gasteiger partial charge in [-0.3, -0.25) is 0 Å². The van der Waals surface area contributed by atoms with Crippen molar-refractivity contribution in [3.8, 4) is 5.75 Å². The predicted molar refractivity (Wildman–Crippen MR) is 46.8 cm³/mol. The first kappa shape index (κ1) is 8.59. The summed E-state index contributed by atoms with van der Waals surface area (Å²) >= 11 is 0. The van der Waals surface area contributed by atoms with Crippen molar-refractivity contribution < 1.29 is 10.3 Å². The van der Waals surface area contributed by atoms with Crippen LogP contribution < -0.4 is 0 Å². The van der Waals surface area contributed by atoms with Gasteiger partial charge in [-0.05, 0) is 25.5 Å². The molecule has 0 aliphatic heterocycles. The van der Waals surface area contributed by atoms with E-state index in [9.17, 15) is 5.11 Å². The van der Waals surface area contributed by atoms with Gasteiger partial charge in [-0.15, -0.1) is 0 Å². The highest BCUT2D eigenvalue weighted by Crippen LogP contribution is 2.21. The van der Waals surface area contributed by atoms with Crippen molar-refractivity contribution in [3.05, 3.63) is 29.3 Å². The first-order valence-electron chi connectivity index (χ1n) is 3.64. The molecule has 0 amide bonds. The number of para-hydroxylation sites is 1. The molecule has 3 heteroatoms. The zero-order valence-corrected chi connectivity index (χ0v) is 7.07. The maximum absolute atomic E-state index is 9.51. The molecule has 0 aliphatic carbocycles. The van der Waals surface area contributed by atoms with Crippen LogP contribution >= 0.6 is 0 Å². The Hall–Kier alpha value is -1.51. The number of aromatic hydroxyl groups is 1. The molecule has 0 bridgehead atoms. The maximum Gasteiger partial charge on any atom is 0.127 e. The average molecular weight is 165 g/mol. The Kier molecular flexibility index (Phi) is 2.33. The summed E-state index contributed by atoms with van der Waals surface area (Å²) in [4.78, 5) is 0. The molecule has 1 aromatic carbocycles. The number of hydrogen-bond donors (Lipinski definition) is 2. The van der Waals surface area contributed by atoms with Crippen molar-refractivity contribution in [2.75, 3.05) is 0 Å². The first-order chi connectivity index (χ1) is 5.66. The van der Waals surface area contributed by atoms with Crippen LogP contribution in [0.1, 0.15) is 18.1 Å². The highest BCUT2D eigenvalue weighted by atomic mass is 16.4. The molecule has 0 saturated heterocycles. The number of aryl methyl sites for hydroxylation is 1. The number of benzene rings is 1. The summed E-state index contributed by atoms with van der Waals surface area (Å²) in [5.74, 6) is 0.174. The van der Waals surface area contributed by atoms with Crippen molar-refractivity contribution in [2.45, 2.75) is 13.8 Å². The molecular weight excluding hydrogens is 154 g/mol. The third kappa shape index (κ3) is 1.39. The lowest BCUT2D eigenvalue weighted by Crippen LogP contribution is -1.95. The Morgan fingerprint density at radius 2 is 2.08 bits per heavy atom. The van der Waals surface area contributed by atoms with Crippen LogP contribution in [0.15, 0.2) is 23.4 Å². The minimum Gasteiger partial charge on any atom is -0.507 e. The van der Waals surface area contributed by atoms with E-state index in [2.05, 4.69) is 5.16 Å². The maximum atomic E-state index is 9.51. The molecule has 0 spiro atoms. The Labute approximate surface area is 71.0 Å². The van der Waals surface area contributed by atoms with Crippen LogP contribution in [0.25, 0.3) is 0 Å². The van der Waals surface area contributed by atoms with Gasteiger partial charge in [0.2, 0.25) is 0 Å².